The number of nitrogens with two attached hydrogens (primary N) is 1. The van der Waals surface area contributed by atoms with Gasteiger partial charge in [-0.2, -0.15) is 4.98 Å². The monoisotopic (exact) mass is 336 g/mol. The van der Waals surface area contributed by atoms with Crippen LogP contribution in [0.15, 0.2) is 33.3 Å². The van der Waals surface area contributed by atoms with Gasteiger partial charge in [0, 0.05) is 10.5 Å². The van der Waals surface area contributed by atoms with Crippen LogP contribution in [0.2, 0.25) is 0 Å². The number of hydrogen-bond donors (Lipinski definition) is 1. The van der Waals surface area contributed by atoms with Gasteiger partial charge in [-0.25, -0.2) is 0 Å². The van der Waals surface area contributed by atoms with Gasteiger partial charge < -0.3 is 10.3 Å². The molecule has 0 radical (unpaired) electrons. The summed E-state index contributed by atoms with van der Waals surface area (Å²) in [6, 6.07) is 8.96. The molecular formula is C14H17BrN4O. The van der Waals surface area contributed by atoms with Crippen molar-refractivity contribution in [2.45, 2.75) is 32.0 Å². The van der Waals surface area contributed by atoms with E-state index in [1.165, 1.54) is 18.4 Å². The number of benzene rings is 1. The van der Waals surface area contributed by atoms with Crippen molar-refractivity contribution in [2.24, 2.45) is 5.73 Å². The minimum Gasteiger partial charge on any atom is -0.338 e. The van der Waals surface area contributed by atoms with E-state index < -0.39 is 0 Å². The van der Waals surface area contributed by atoms with Crippen molar-refractivity contribution in [1.29, 1.82) is 0 Å². The van der Waals surface area contributed by atoms with Gasteiger partial charge >= 0.3 is 0 Å². The first kappa shape index (κ1) is 13.7. The second kappa shape index (κ2) is 6.03. The van der Waals surface area contributed by atoms with E-state index in [9.17, 15) is 0 Å². The number of nitrogens with zero attached hydrogens (tertiary/aromatic N) is 3. The van der Waals surface area contributed by atoms with Crippen LogP contribution in [0.4, 0.5) is 0 Å². The standard InChI is InChI=1S/C14H17BrN4O/c15-11-5-3-10(4-6-11)12-2-1-7-19(12)9-13-17-14(8-16)20-18-13/h3-6,12H,1-2,7-9,16H2. The first-order chi connectivity index (χ1) is 9.76. The van der Waals surface area contributed by atoms with Gasteiger partial charge in [0.15, 0.2) is 5.82 Å². The predicted molar refractivity (Wildman–Crippen MR) is 78.7 cm³/mol. The lowest BCUT2D eigenvalue weighted by Gasteiger charge is -2.23. The molecule has 0 aliphatic carbocycles. The first-order valence-electron chi connectivity index (χ1n) is 6.77. The summed E-state index contributed by atoms with van der Waals surface area (Å²) in [6.07, 6.45) is 2.37. The van der Waals surface area contributed by atoms with E-state index in [4.69, 9.17) is 10.3 Å². The molecule has 0 bridgehead atoms. The minimum absolute atomic E-state index is 0.295. The Kier molecular flexibility index (Phi) is 4.14. The van der Waals surface area contributed by atoms with Crippen molar-refractivity contribution in [2.75, 3.05) is 6.54 Å². The van der Waals surface area contributed by atoms with Gasteiger partial charge in [0.05, 0.1) is 13.1 Å². The summed E-state index contributed by atoms with van der Waals surface area (Å²) in [4.78, 5) is 6.68. The van der Waals surface area contributed by atoms with E-state index in [0.717, 1.165) is 16.8 Å². The third-order valence-corrected chi connectivity index (χ3v) is 4.18. The lowest BCUT2D eigenvalue weighted by molar-refractivity contribution is 0.238. The van der Waals surface area contributed by atoms with Gasteiger partial charge in [-0.05, 0) is 37.1 Å². The number of likely N-dealkylation sites (tertiary alicyclic amines) is 1. The van der Waals surface area contributed by atoms with Gasteiger partial charge in [-0.3, -0.25) is 4.90 Å². The molecule has 0 saturated carbocycles. The van der Waals surface area contributed by atoms with E-state index in [0.29, 0.717) is 25.0 Å². The van der Waals surface area contributed by atoms with E-state index in [-0.39, 0.29) is 0 Å². The summed E-state index contributed by atoms with van der Waals surface area (Å²) in [5.74, 6) is 1.22. The molecule has 106 valence electrons. The normalized spacial score (nSPS) is 19.6. The molecule has 0 amide bonds. The lowest BCUT2D eigenvalue weighted by atomic mass is 10.0. The highest BCUT2D eigenvalue weighted by atomic mass is 79.9. The van der Waals surface area contributed by atoms with Crippen LogP contribution in [0.1, 0.15) is 36.2 Å². The maximum Gasteiger partial charge on any atom is 0.240 e. The Bertz CT molecular complexity index is 569. The lowest BCUT2D eigenvalue weighted by Crippen LogP contribution is -2.23. The Morgan fingerprint density at radius 3 is 2.85 bits per heavy atom. The summed E-state index contributed by atoms with van der Waals surface area (Å²) in [5, 5.41) is 3.98. The number of rotatable bonds is 4. The molecule has 2 heterocycles. The second-order valence-corrected chi connectivity index (χ2v) is 5.90. The molecule has 6 heteroatoms. The average molecular weight is 337 g/mol. The quantitative estimate of drug-likeness (QED) is 0.929. The van der Waals surface area contributed by atoms with E-state index >= 15 is 0 Å². The molecule has 1 fully saturated rings. The summed E-state index contributed by atoms with van der Waals surface area (Å²) >= 11 is 3.48. The van der Waals surface area contributed by atoms with Crippen LogP contribution < -0.4 is 5.73 Å². The molecule has 3 rings (SSSR count). The van der Waals surface area contributed by atoms with E-state index in [2.05, 4.69) is 55.2 Å². The molecular weight excluding hydrogens is 320 g/mol. The second-order valence-electron chi connectivity index (χ2n) is 4.99. The topological polar surface area (TPSA) is 68.2 Å². The maximum atomic E-state index is 5.49. The highest BCUT2D eigenvalue weighted by Crippen LogP contribution is 2.33. The summed E-state index contributed by atoms with van der Waals surface area (Å²) < 4.78 is 6.17. The third kappa shape index (κ3) is 2.92. The molecule has 1 aliphatic heterocycles. The Hall–Kier alpha value is -1.24. The number of hydrogen-bond acceptors (Lipinski definition) is 5. The number of aromatic nitrogens is 2. The van der Waals surface area contributed by atoms with Gasteiger partial charge in [0.1, 0.15) is 0 Å². The highest BCUT2D eigenvalue weighted by molar-refractivity contribution is 9.10. The smallest absolute Gasteiger partial charge is 0.240 e. The van der Waals surface area contributed by atoms with E-state index in [1.54, 1.807) is 0 Å². The van der Waals surface area contributed by atoms with Crippen LogP contribution in [-0.2, 0) is 13.1 Å². The summed E-state index contributed by atoms with van der Waals surface area (Å²) in [5.41, 5.74) is 6.83. The van der Waals surface area contributed by atoms with Gasteiger partial charge in [0.2, 0.25) is 5.89 Å². The van der Waals surface area contributed by atoms with Crippen molar-refractivity contribution < 1.29 is 4.52 Å². The fourth-order valence-corrected chi connectivity index (χ4v) is 2.96. The molecule has 2 aromatic rings. The summed E-state index contributed by atoms with van der Waals surface area (Å²) in [6.45, 7) is 2.07. The van der Waals surface area contributed by atoms with Gasteiger partial charge in [-0.15, -0.1) is 0 Å². The van der Waals surface area contributed by atoms with E-state index in [1.807, 2.05) is 0 Å². The Labute approximate surface area is 126 Å². The fourth-order valence-electron chi connectivity index (χ4n) is 2.70. The third-order valence-electron chi connectivity index (χ3n) is 3.65. The molecule has 1 aromatic carbocycles. The SMILES string of the molecule is NCc1nc(CN2CCCC2c2ccc(Br)cc2)no1. The fraction of sp³-hybridized carbons (Fsp3) is 0.429. The largest absolute Gasteiger partial charge is 0.338 e. The first-order valence-corrected chi connectivity index (χ1v) is 7.56. The highest BCUT2D eigenvalue weighted by Gasteiger charge is 2.27. The van der Waals surface area contributed by atoms with Crippen LogP contribution in [0.3, 0.4) is 0 Å². The molecule has 0 spiro atoms. The van der Waals surface area contributed by atoms with Crippen molar-refractivity contribution in [1.82, 2.24) is 15.0 Å². The Morgan fingerprint density at radius 2 is 2.15 bits per heavy atom. The van der Waals surface area contributed by atoms with Crippen LogP contribution >= 0.6 is 15.9 Å². The van der Waals surface area contributed by atoms with Crippen molar-refractivity contribution in [3.05, 3.63) is 46.0 Å². The molecule has 5 nitrogen and oxygen atoms in total. The van der Waals surface area contributed by atoms with Crippen molar-refractivity contribution in [3.63, 3.8) is 0 Å². The van der Waals surface area contributed by atoms with Crippen molar-refractivity contribution in [3.8, 4) is 0 Å². The Balaban J connectivity index is 1.73. The molecule has 1 saturated heterocycles. The zero-order chi connectivity index (χ0) is 13.9. The summed E-state index contributed by atoms with van der Waals surface area (Å²) in [7, 11) is 0. The molecule has 1 aromatic heterocycles. The minimum atomic E-state index is 0.295. The van der Waals surface area contributed by atoms with Crippen LogP contribution in [0.25, 0.3) is 0 Å². The average Bonchev–Trinajstić information content (AvgIpc) is 3.09. The molecule has 1 atom stereocenters. The molecule has 1 aliphatic rings. The van der Waals surface area contributed by atoms with Crippen LogP contribution in [0, 0.1) is 0 Å². The van der Waals surface area contributed by atoms with Crippen LogP contribution in [-0.4, -0.2) is 21.6 Å². The van der Waals surface area contributed by atoms with Gasteiger partial charge in [-0.1, -0.05) is 33.2 Å². The van der Waals surface area contributed by atoms with Gasteiger partial charge in [0.25, 0.3) is 0 Å². The molecule has 20 heavy (non-hydrogen) atoms. The zero-order valence-corrected chi connectivity index (χ0v) is 12.7. The van der Waals surface area contributed by atoms with Crippen molar-refractivity contribution >= 4 is 15.9 Å². The predicted octanol–water partition coefficient (Wildman–Crippen LogP) is 2.63. The maximum absolute atomic E-state index is 5.49. The Morgan fingerprint density at radius 1 is 1.35 bits per heavy atom. The zero-order valence-electron chi connectivity index (χ0n) is 11.1. The van der Waals surface area contributed by atoms with Crippen LogP contribution in [0.5, 0.6) is 0 Å². The number of halogens is 1. The molecule has 2 N–H and O–H groups in total. The molecule has 1 unspecified atom stereocenters.